The summed E-state index contributed by atoms with van der Waals surface area (Å²) in [4.78, 5) is 16.0. The van der Waals surface area contributed by atoms with Gasteiger partial charge in [0.2, 0.25) is 0 Å². The van der Waals surface area contributed by atoms with Gasteiger partial charge in [0.1, 0.15) is 0 Å². The number of benzene rings is 1. The van der Waals surface area contributed by atoms with Crippen LogP contribution in [0.3, 0.4) is 0 Å². The average molecular weight is 319 g/mol. The Hall–Kier alpha value is -1.68. The monoisotopic (exact) mass is 318 g/mol. The van der Waals surface area contributed by atoms with Gasteiger partial charge >= 0.3 is 0 Å². The number of nitrogens with zero attached hydrogens (tertiary/aromatic N) is 1. The standard InChI is InChI=1S/C15H15BrN2O/c1-2-3-11-4-6-14(7-5-11)18-15(19)12-8-13(16)10-17-9-12/h4-10H,2-3H2,1H3,(H,18,19). The first-order chi connectivity index (χ1) is 9.19. The van der Waals surface area contributed by atoms with Crippen LogP contribution in [-0.4, -0.2) is 10.9 Å². The highest BCUT2D eigenvalue weighted by atomic mass is 79.9. The van der Waals surface area contributed by atoms with Gasteiger partial charge in [-0.1, -0.05) is 25.5 Å². The van der Waals surface area contributed by atoms with Crippen LogP contribution in [0.4, 0.5) is 5.69 Å². The molecule has 4 heteroatoms. The summed E-state index contributed by atoms with van der Waals surface area (Å²) in [5, 5.41) is 2.85. The van der Waals surface area contributed by atoms with Crippen LogP contribution >= 0.6 is 15.9 Å². The first-order valence-corrected chi connectivity index (χ1v) is 6.99. The largest absolute Gasteiger partial charge is 0.322 e. The summed E-state index contributed by atoms with van der Waals surface area (Å²) in [7, 11) is 0. The number of amides is 1. The molecule has 0 saturated heterocycles. The van der Waals surface area contributed by atoms with E-state index in [1.54, 1.807) is 18.5 Å². The third-order valence-corrected chi connectivity index (χ3v) is 3.15. The molecule has 0 spiro atoms. The Morgan fingerprint density at radius 2 is 2.00 bits per heavy atom. The molecule has 0 fully saturated rings. The van der Waals surface area contributed by atoms with Crippen LogP contribution in [0, 0.1) is 0 Å². The van der Waals surface area contributed by atoms with Crippen molar-refractivity contribution in [3.63, 3.8) is 0 Å². The van der Waals surface area contributed by atoms with Crippen LogP contribution in [0.15, 0.2) is 47.2 Å². The van der Waals surface area contributed by atoms with Crippen LogP contribution in [-0.2, 0) is 6.42 Å². The molecule has 1 aromatic heterocycles. The molecular weight excluding hydrogens is 304 g/mol. The van der Waals surface area contributed by atoms with E-state index in [1.807, 2.05) is 24.3 Å². The highest BCUT2D eigenvalue weighted by Gasteiger charge is 2.06. The molecule has 0 atom stereocenters. The number of carbonyl (C=O) groups is 1. The molecule has 0 aliphatic rings. The summed E-state index contributed by atoms with van der Waals surface area (Å²) >= 11 is 3.30. The van der Waals surface area contributed by atoms with Crippen LogP contribution in [0.1, 0.15) is 29.3 Å². The summed E-state index contributed by atoms with van der Waals surface area (Å²) in [6.45, 7) is 2.15. The van der Waals surface area contributed by atoms with Crippen LogP contribution in [0.2, 0.25) is 0 Å². The zero-order valence-corrected chi connectivity index (χ0v) is 12.3. The molecule has 0 radical (unpaired) electrons. The lowest BCUT2D eigenvalue weighted by atomic mass is 10.1. The summed E-state index contributed by atoms with van der Waals surface area (Å²) in [6.07, 6.45) is 5.38. The van der Waals surface area contributed by atoms with Gasteiger partial charge in [0.15, 0.2) is 0 Å². The predicted molar refractivity (Wildman–Crippen MR) is 80.3 cm³/mol. The van der Waals surface area contributed by atoms with E-state index in [0.717, 1.165) is 23.0 Å². The van der Waals surface area contributed by atoms with Gasteiger partial charge in [0, 0.05) is 22.6 Å². The van der Waals surface area contributed by atoms with Gasteiger partial charge in [-0.15, -0.1) is 0 Å². The highest BCUT2D eigenvalue weighted by molar-refractivity contribution is 9.10. The lowest BCUT2D eigenvalue weighted by Gasteiger charge is -2.06. The average Bonchev–Trinajstić information content (AvgIpc) is 2.41. The third kappa shape index (κ3) is 3.89. The fraction of sp³-hybridized carbons (Fsp3) is 0.200. The second kappa shape index (κ2) is 6.48. The Kier molecular flexibility index (Phi) is 4.68. The minimum atomic E-state index is -0.156. The van der Waals surface area contributed by atoms with Gasteiger partial charge < -0.3 is 5.32 Å². The van der Waals surface area contributed by atoms with Gasteiger partial charge in [-0.25, -0.2) is 0 Å². The smallest absolute Gasteiger partial charge is 0.257 e. The zero-order chi connectivity index (χ0) is 13.7. The summed E-state index contributed by atoms with van der Waals surface area (Å²) in [5.74, 6) is -0.156. The first kappa shape index (κ1) is 13.7. The van der Waals surface area contributed by atoms with E-state index >= 15 is 0 Å². The Balaban J connectivity index is 2.06. The van der Waals surface area contributed by atoms with Crippen LogP contribution < -0.4 is 5.32 Å². The SMILES string of the molecule is CCCc1ccc(NC(=O)c2cncc(Br)c2)cc1. The quantitative estimate of drug-likeness (QED) is 0.924. The summed E-state index contributed by atoms with van der Waals surface area (Å²) in [6, 6.07) is 9.67. The van der Waals surface area contributed by atoms with Crippen molar-refractivity contribution >= 4 is 27.5 Å². The fourth-order valence-corrected chi connectivity index (χ4v) is 2.15. The van der Waals surface area contributed by atoms with Crippen LogP contribution in [0.25, 0.3) is 0 Å². The number of rotatable bonds is 4. The molecule has 1 heterocycles. The molecule has 2 aromatic rings. The lowest BCUT2D eigenvalue weighted by molar-refractivity contribution is 0.102. The molecule has 1 aromatic carbocycles. The van der Waals surface area contributed by atoms with E-state index in [2.05, 4.69) is 33.2 Å². The molecule has 2 rings (SSSR count). The number of hydrogen-bond acceptors (Lipinski definition) is 2. The Labute approximate surface area is 121 Å². The number of aryl methyl sites for hydroxylation is 1. The number of halogens is 1. The second-order valence-corrected chi connectivity index (χ2v) is 5.21. The molecule has 0 unspecified atom stereocenters. The van der Waals surface area contributed by atoms with Gasteiger partial charge in [-0.2, -0.15) is 0 Å². The Morgan fingerprint density at radius 3 is 2.63 bits per heavy atom. The second-order valence-electron chi connectivity index (χ2n) is 4.29. The fourth-order valence-electron chi connectivity index (χ4n) is 1.78. The predicted octanol–water partition coefficient (Wildman–Crippen LogP) is 4.05. The number of pyridine rings is 1. The molecule has 19 heavy (non-hydrogen) atoms. The highest BCUT2D eigenvalue weighted by Crippen LogP contribution is 2.14. The maximum Gasteiger partial charge on any atom is 0.257 e. The van der Waals surface area contributed by atoms with Crippen molar-refractivity contribution < 1.29 is 4.79 Å². The molecule has 1 amide bonds. The van der Waals surface area contributed by atoms with E-state index in [9.17, 15) is 4.79 Å². The molecule has 0 bridgehead atoms. The van der Waals surface area contributed by atoms with Crippen molar-refractivity contribution in [3.8, 4) is 0 Å². The summed E-state index contributed by atoms with van der Waals surface area (Å²) in [5.41, 5.74) is 2.61. The molecule has 0 saturated carbocycles. The van der Waals surface area contributed by atoms with E-state index in [1.165, 1.54) is 5.56 Å². The van der Waals surface area contributed by atoms with Crippen molar-refractivity contribution in [2.75, 3.05) is 5.32 Å². The molecule has 98 valence electrons. The summed E-state index contributed by atoms with van der Waals surface area (Å²) < 4.78 is 0.790. The molecule has 0 aliphatic carbocycles. The molecular formula is C15H15BrN2O. The van der Waals surface area contributed by atoms with Crippen molar-refractivity contribution in [2.45, 2.75) is 19.8 Å². The maximum atomic E-state index is 12.0. The van der Waals surface area contributed by atoms with Gasteiger partial charge in [0.25, 0.3) is 5.91 Å². The van der Waals surface area contributed by atoms with Crippen molar-refractivity contribution in [3.05, 3.63) is 58.3 Å². The Morgan fingerprint density at radius 1 is 1.26 bits per heavy atom. The van der Waals surface area contributed by atoms with Crippen molar-refractivity contribution in [1.29, 1.82) is 0 Å². The van der Waals surface area contributed by atoms with Crippen molar-refractivity contribution in [1.82, 2.24) is 4.98 Å². The van der Waals surface area contributed by atoms with E-state index in [4.69, 9.17) is 0 Å². The normalized spacial score (nSPS) is 10.2. The van der Waals surface area contributed by atoms with Gasteiger partial charge in [0.05, 0.1) is 5.56 Å². The topological polar surface area (TPSA) is 42.0 Å². The Bertz CT molecular complexity index is 567. The minimum absolute atomic E-state index is 0.156. The zero-order valence-electron chi connectivity index (χ0n) is 10.7. The number of anilines is 1. The maximum absolute atomic E-state index is 12.0. The number of carbonyl (C=O) groups excluding carboxylic acids is 1. The minimum Gasteiger partial charge on any atom is -0.322 e. The third-order valence-electron chi connectivity index (χ3n) is 2.72. The van der Waals surface area contributed by atoms with Crippen LogP contribution in [0.5, 0.6) is 0 Å². The van der Waals surface area contributed by atoms with E-state index < -0.39 is 0 Å². The lowest BCUT2D eigenvalue weighted by Crippen LogP contribution is -2.12. The first-order valence-electron chi connectivity index (χ1n) is 6.20. The molecule has 1 N–H and O–H groups in total. The molecule has 3 nitrogen and oxygen atoms in total. The number of nitrogens with one attached hydrogen (secondary N) is 1. The molecule has 0 aliphatic heterocycles. The number of hydrogen-bond donors (Lipinski definition) is 1. The van der Waals surface area contributed by atoms with E-state index in [0.29, 0.717) is 5.56 Å². The number of aromatic nitrogens is 1. The van der Waals surface area contributed by atoms with Gasteiger partial charge in [-0.05, 0) is 46.1 Å². The van der Waals surface area contributed by atoms with Crippen molar-refractivity contribution in [2.24, 2.45) is 0 Å². The van der Waals surface area contributed by atoms with E-state index in [-0.39, 0.29) is 5.91 Å². The van der Waals surface area contributed by atoms with Gasteiger partial charge in [-0.3, -0.25) is 9.78 Å².